The van der Waals surface area contributed by atoms with Gasteiger partial charge in [-0.05, 0) is 26.2 Å². The molecule has 112 valence electrons. The quantitative estimate of drug-likeness (QED) is 0.791. The fourth-order valence-corrected chi connectivity index (χ4v) is 3.76. The van der Waals surface area contributed by atoms with E-state index in [0.29, 0.717) is 13.0 Å². The summed E-state index contributed by atoms with van der Waals surface area (Å²) in [6.07, 6.45) is 5.44. The molecule has 20 heavy (non-hydrogen) atoms. The number of ether oxygens (including phenoxy) is 2. The largest absolute Gasteiger partial charge is 0.461 e. The number of piperidine rings is 1. The molecule has 1 aliphatic heterocycles. The lowest BCUT2D eigenvalue weighted by Crippen LogP contribution is -2.63. The van der Waals surface area contributed by atoms with Crippen LogP contribution in [0.3, 0.4) is 0 Å². The highest BCUT2D eigenvalue weighted by Crippen LogP contribution is 2.58. The molecule has 3 atom stereocenters. The van der Waals surface area contributed by atoms with Crippen molar-refractivity contribution in [2.75, 3.05) is 13.2 Å². The third-order valence-electron chi connectivity index (χ3n) is 5.20. The van der Waals surface area contributed by atoms with E-state index < -0.39 is 0 Å². The number of nitrogens with one attached hydrogen (secondary N) is 1. The summed E-state index contributed by atoms with van der Waals surface area (Å²) in [6, 6.07) is 0. The van der Waals surface area contributed by atoms with E-state index in [1.807, 2.05) is 6.92 Å². The molecule has 3 aliphatic rings. The first-order valence-corrected chi connectivity index (χ1v) is 7.74. The zero-order valence-electron chi connectivity index (χ0n) is 12.0. The molecule has 0 aromatic heterocycles. The first kappa shape index (κ1) is 13.9. The van der Waals surface area contributed by atoms with Crippen LogP contribution in [0.25, 0.3) is 0 Å². The van der Waals surface area contributed by atoms with E-state index >= 15 is 0 Å². The minimum Gasteiger partial charge on any atom is -0.461 e. The van der Waals surface area contributed by atoms with Gasteiger partial charge in [-0.15, -0.1) is 0 Å². The molecule has 1 N–H and O–H groups in total. The topological polar surface area (TPSA) is 64.6 Å². The van der Waals surface area contributed by atoms with Crippen LogP contribution in [0, 0.1) is 11.3 Å². The average Bonchev–Trinajstić information content (AvgIpc) is 2.35. The number of hydrogen-bond donors (Lipinski definition) is 1. The van der Waals surface area contributed by atoms with Crippen molar-refractivity contribution in [3.05, 3.63) is 0 Å². The SMILES string of the molecule is CCO[C@@H]1C[C@@H](OC(=O)[C@H]2CCNC(=O)C2)C12CCC2. The van der Waals surface area contributed by atoms with Crippen molar-refractivity contribution in [3.63, 3.8) is 0 Å². The van der Waals surface area contributed by atoms with Crippen molar-refractivity contribution in [1.82, 2.24) is 5.32 Å². The van der Waals surface area contributed by atoms with E-state index in [1.165, 1.54) is 6.42 Å². The maximum Gasteiger partial charge on any atom is 0.309 e. The second-order valence-corrected chi connectivity index (χ2v) is 6.23. The molecule has 0 aromatic rings. The van der Waals surface area contributed by atoms with Crippen molar-refractivity contribution in [1.29, 1.82) is 0 Å². The Morgan fingerprint density at radius 1 is 1.40 bits per heavy atom. The molecule has 1 amide bonds. The molecular formula is C15H23NO4. The molecule has 0 unspecified atom stereocenters. The number of carbonyl (C=O) groups is 2. The van der Waals surface area contributed by atoms with Gasteiger partial charge in [-0.1, -0.05) is 6.42 Å². The van der Waals surface area contributed by atoms with Gasteiger partial charge in [-0.25, -0.2) is 0 Å². The Hall–Kier alpha value is -1.10. The molecule has 3 rings (SSSR count). The Bertz CT molecular complexity index is 405. The Kier molecular flexibility index (Phi) is 3.71. The normalized spacial score (nSPS) is 34.9. The first-order valence-electron chi connectivity index (χ1n) is 7.74. The van der Waals surface area contributed by atoms with Gasteiger partial charge >= 0.3 is 5.97 Å². The molecule has 0 aromatic carbocycles. The van der Waals surface area contributed by atoms with E-state index in [1.54, 1.807) is 0 Å². The van der Waals surface area contributed by atoms with E-state index in [0.717, 1.165) is 25.9 Å². The number of hydrogen-bond acceptors (Lipinski definition) is 4. The summed E-state index contributed by atoms with van der Waals surface area (Å²) in [5.74, 6) is -0.490. The molecule has 2 saturated carbocycles. The smallest absolute Gasteiger partial charge is 0.309 e. The highest BCUT2D eigenvalue weighted by Gasteiger charge is 2.61. The van der Waals surface area contributed by atoms with Crippen molar-refractivity contribution >= 4 is 11.9 Å². The maximum atomic E-state index is 12.2. The fraction of sp³-hybridized carbons (Fsp3) is 0.867. The highest BCUT2D eigenvalue weighted by atomic mass is 16.6. The minimum atomic E-state index is -0.257. The van der Waals surface area contributed by atoms with Crippen LogP contribution in [0.1, 0.15) is 45.4 Å². The average molecular weight is 281 g/mol. The minimum absolute atomic E-state index is 0.00490. The molecule has 0 radical (unpaired) electrons. The van der Waals surface area contributed by atoms with E-state index in [-0.39, 0.29) is 41.8 Å². The maximum absolute atomic E-state index is 12.2. The molecule has 1 saturated heterocycles. The summed E-state index contributed by atoms with van der Waals surface area (Å²) >= 11 is 0. The summed E-state index contributed by atoms with van der Waals surface area (Å²) in [5, 5.41) is 2.74. The van der Waals surface area contributed by atoms with Crippen molar-refractivity contribution in [3.8, 4) is 0 Å². The predicted octanol–water partition coefficient (Wildman–Crippen LogP) is 1.40. The zero-order valence-corrected chi connectivity index (χ0v) is 12.0. The van der Waals surface area contributed by atoms with Gasteiger partial charge in [0, 0.05) is 31.4 Å². The Labute approximate surface area is 119 Å². The van der Waals surface area contributed by atoms with E-state index in [9.17, 15) is 9.59 Å². The van der Waals surface area contributed by atoms with Gasteiger partial charge in [0.25, 0.3) is 0 Å². The van der Waals surface area contributed by atoms with Gasteiger partial charge in [0.05, 0.1) is 12.0 Å². The van der Waals surface area contributed by atoms with Crippen LogP contribution in [0.2, 0.25) is 0 Å². The second-order valence-electron chi connectivity index (χ2n) is 6.23. The molecule has 5 nitrogen and oxygen atoms in total. The van der Waals surface area contributed by atoms with Gasteiger partial charge in [0.2, 0.25) is 5.91 Å². The first-order chi connectivity index (χ1) is 9.65. The van der Waals surface area contributed by atoms with Crippen LogP contribution in [-0.4, -0.2) is 37.2 Å². The van der Waals surface area contributed by atoms with E-state index in [2.05, 4.69) is 5.32 Å². The third-order valence-corrected chi connectivity index (χ3v) is 5.20. The monoisotopic (exact) mass is 281 g/mol. The third kappa shape index (κ3) is 2.22. The zero-order chi connectivity index (χ0) is 14.2. The van der Waals surface area contributed by atoms with Gasteiger partial charge in [0.1, 0.15) is 6.10 Å². The second kappa shape index (κ2) is 5.35. The summed E-state index contributed by atoms with van der Waals surface area (Å²) in [6.45, 7) is 3.30. The molecule has 1 spiro atoms. The summed E-state index contributed by atoms with van der Waals surface area (Å²) < 4.78 is 11.5. The predicted molar refractivity (Wildman–Crippen MR) is 71.9 cm³/mol. The number of amides is 1. The van der Waals surface area contributed by atoms with Crippen molar-refractivity contribution < 1.29 is 19.1 Å². The lowest BCUT2D eigenvalue weighted by molar-refractivity contribution is -0.241. The highest BCUT2D eigenvalue weighted by molar-refractivity contribution is 5.84. The van der Waals surface area contributed by atoms with E-state index in [4.69, 9.17) is 9.47 Å². The van der Waals surface area contributed by atoms with Crippen LogP contribution in [0.4, 0.5) is 0 Å². The molecule has 0 bridgehead atoms. The van der Waals surface area contributed by atoms with Gasteiger partial charge in [0.15, 0.2) is 0 Å². The van der Waals surface area contributed by atoms with Crippen LogP contribution in [-0.2, 0) is 19.1 Å². The molecule has 5 heteroatoms. The van der Waals surface area contributed by atoms with Gasteiger partial charge in [-0.3, -0.25) is 9.59 Å². The molecule has 1 heterocycles. The number of rotatable bonds is 4. The van der Waals surface area contributed by atoms with Gasteiger partial charge < -0.3 is 14.8 Å². The lowest BCUT2D eigenvalue weighted by Gasteiger charge is -2.59. The fourth-order valence-electron chi connectivity index (χ4n) is 3.76. The van der Waals surface area contributed by atoms with Crippen LogP contribution >= 0.6 is 0 Å². The standard InChI is InChI=1S/C15H23NO4/c1-2-19-11-9-12(15(11)5-3-6-15)20-14(18)10-4-7-16-13(17)8-10/h10-12H,2-9H2,1H3,(H,16,17)/t10-,11+,12+/m0/s1. The van der Waals surface area contributed by atoms with Crippen molar-refractivity contribution in [2.45, 2.75) is 57.7 Å². The lowest BCUT2D eigenvalue weighted by atomic mass is 9.52. The summed E-state index contributed by atoms with van der Waals surface area (Å²) in [4.78, 5) is 23.5. The van der Waals surface area contributed by atoms with Gasteiger partial charge in [-0.2, -0.15) is 0 Å². The molecule has 2 aliphatic carbocycles. The number of esters is 1. The Morgan fingerprint density at radius 3 is 2.80 bits per heavy atom. The van der Waals surface area contributed by atoms with Crippen LogP contribution in [0.15, 0.2) is 0 Å². The van der Waals surface area contributed by atoms with Crippen LogP contribution in [0.5, 0.6) is 0 Å². The summed E-state index contributed by atoms with van der Waals surface area (Å²) in [7, 11) is 0. The Balaban J connectivity index is 1.56. The van der Waals surface area contributed by atoms with Crippen molar-refractivity contribution in [2.24, 2.45) is 11.3 Å². The number of carbonyl (C=O) groups excluding carboxylic acids is 2. The Morgan fingerprint density at radius 2 is 2.20 bits per heavy atom. The molecule has 3 fully saturated rings. The van der Waals surface area contributed by atoms with Crippen LogP contribution < -0.4 is 5.32 Å². The molecular weight excluding hydrogens is 258 g/mol. The summed E-state index contributed by atoms with van der Waals surface area (Å²) in [5.41, 5.74) is 0.0859.